The van der Waals surface area contributed by atoms with Gasteiger partial charge in [-0.2, -0.15) is 13.2 Å². The Balaban J connectivity index is 1.70. The molecule has 1 aromatic heterocycles. The average molecular weight is 623 g/mol. The number of halogens is 5. The molecular formula is C29H28BClF4N2O4S. The molecule has 4 aromatic rings. The third-order valence-corrected chi connectivity index (χ3v) is 8.63. The van der Waals surface area contributed by atoms with Gasteiger partial charge in [-0.1, -0.05) is 29.8 Å². The maximum Gasteiger partial charge on any atom is 0.416 e. The molecule has 3 unspecified atom stereocenters. The topological polar surface area (TPSA) is 97.6 Å². The number of aryl methyl sites for hydroxylation is 1. The molecular weight excluding hydrogens is 595 g/mol. The number of carbonyl (C=O) groups excluding carboxylic acids is 1. The number of fused-ring (bicyclic) bond motifs is 1. The van der Waals surface area contributed by atoms with Crippen molar-refractivity contribution >= 4 is 47.4 Å². The van der Waals surface area contributed by atoms with Gasteiger partial charge >= 0.3 is 6.18 Å². The van der Waals surface area contributed by atoms with Crippen LogP contribution in [0.5, 0.6) is 0 Å². The molecule has 4 rings (SSSR count). The van der Waals surface area contributed by atoms with Crippen molar-refractivity contribution in [1.82, 2.24) is 9.88 Å². The molecule has 3 aromatic carbocycles. The molecule has 0 radical (unpaired) electrons. The van der Waals surface area contributed by atoms with Gasteiger partial charge in [-0.15, -0.1) is 0 Å². The van der Waals surface area contributed by atoms with E-state index in [1.54, 1.807) is 31.2 Å². The predicted octanol–water partition coefficient (Wildman–Crippen LogP) is 4.70. The van der Waals surface area contributed by atoms with Crippen LogP contribution >= 0.6 is 11.6 Å². The standard InChI is InChI=1S/C29H28BClF4N2O4S/c1-2-42(41)21-7-3-17(4-8-21)24(16-38)36-27(39)18-5-10-25-19(13-18)14-26(37(25)12-11-32)28(30,40)22-9-6-20(31)15-23(22)29(33,34)35/h3-10,13-15,24,38,40H,2,11-12,16,30H2,1H3,(H,36,39). The van der Waals surface area contributed by atoms with Crippen molar-refractivity contribution in [1.29, 1.82) is 0 Å². The zero-order valence-electron chi connectivity index (χ0n) is 22.7. The Bertz CT molecular complexity index is 1580. The van der Waals surface area contributed by atoms with Crippen LogP contribution in [0.3, 0.4) is 0 Å². The first-order valence-corrected chi connectivity index (χ1v) is 14.7. The van der Waals surface area contributed by atoms with Crippen LogP contribution in [0.2, 0.25) is 5.02 Å². The van der Waals surface area contributed by atoms with Gasteiger partial charge in [0.05, 0.1) is 30.3 Å². The Hall–Kier alpha value is -3.03. The number of nitrogens with zero attached hydrogens (tertiary/aromatic N) is 1. The summed E-state index contributed by atoms with van der Waals surface area (Å²) in [6.45, 7) is 0.281. The Kier molecular flexibility index (Phi) is 9.63. The Morgan fingerprint density at radius 1 is 1.10 bits per heavy atom. The molecule has 3 N–H and O–H groups in total. The second kappa shape index (κ2) is 12.7. The van der Waals surface area contributed by atoms with E-state index in [0.717, 1.165) is 12.1 Å². The Morgan fingerprint density at radius 3 is 2.38 bits per heavy atom. The van der Waals surface area contributed by atoms with Gasteiger partial charge in [-0.05, 0) is 77.8 Å². The number of nitrogens with one attached hydrogen (secondary N) is 1. The number of carbonyl (C=O) groups is 1. The lowest BCUT2D eigenvalue weighted by Crippen LogP contribution is -2.33. The van der Waals surface area contributed by atoms with Gasteiger partial charge in [0, 0.05) is 27.2 Å². The largest absolute Gasteiger partial charge is 0.611 e. The smallest absolute Gasteiger partial charge is 0.416 e. The summed E-state index contributed by atoms with van der Waals surface area (Å²) in [7, 11) is 1.19. The quantitative estimate of drug-likeness (QED) is 0.136. The van der Waals surface area contributed by atoms with Gasteiger partial charge in [-0.3, -0.25) is 4.79 Å². The summed E-state index contributed by atoms with van der Waals surface area (Å²) in [5, 5.41) is 24.4. The van der Waals surface area contributed by atoms with Crippen molar-refractivity contribution < 1.29 is 37.1 Å². The fourth-order valence-electron chi connectivity index (χ4n) is 4.95. The van der Waals surface area contributed by atoms with Crippen LogP contribution < -0.4 is 5.32 Å². The summed E-state index contributed by atoms with van der Waals surface area (Å²) in [6.07, 6.45) is -4.82. The highest BCUT2D eigenvalue weighted by molar-refractivity contribution is 7.91. The van der Waals surface area contributed by atoms with E-state index in [-0.39, 0.29) is 22.8 Å². The molecule has 0 aliphatic carbocycles. The number of aliphatic hydroxyl groups is 2. The van der Waals surface area contributed by atoms with E-state index in [4.69, 9.17) is 11.6 Å². The van der Waals surface area contributed by atoms with Gasteiger partial charge in [0.2, 0.25) is 0 Å². The summed E-state index contributed by atoms with van der Waals surface area (Å²) in [5.74, 6) is -0.0872. The first-order chi connectivity index (χ1) is 19.8. The third-order valence-electron chi connectivity index (χ3n) is 7.08. The zero-order chi connectivity index (χ0) is 30.8. The molecule has 1 heterocycles. The Labute approximate surface area is 248 Å². The van der Waals surface area contributed by atoms with Crippen LogP contribution in [0.1, 0.15) is 45.7 Å². The third kappa shape index (κ3) is 6.47. The number of hydrogen-bond acceptors (Lipinski definition) is 4. The van der Waals surface area contributed by atoms with E-state index >= 15 is 0 Å². The van der Waals surface area contributed by atoms with Crippen molar-refractivity contribution in [3.63, 3.8) is 0 Å². The number of rotatable bonds is 10. The second-order valence-electron chi connectivity index (χ2n) is 9.82. The lowest BCUT2D eigenvalue weighted by Gasteiger charge is -2.29. The number of amides is 1. The molecule has 222 valence electrons. The average Bonchev–Trinajstić information content (AvgIpc) is 3.33. The van der Waals surface area contributed by atoms with Crippen LogP contribution in [0.25, 0.3) is 10.9 Å². The Morgan fingerprint density at radius 2 is 1.79 bits per heavy atom. The van der Waals surface area contributed by atoms with Gasteiger partial charge in [-0.25, -0.2) is 4.39 Å². The second-order valence-corrected chi connectivity index (χ2v) is 12.0. The van der Waals surface area contributed by atoms with E-state index in [1.807, 2.05) is 0 Å². The molecule has 42 heavy (non-hydrogen) atoms. The number of hydrogen-bond donors (Lipinski definition) is 3. The summed E-state index contributed by atoms with van der Waals surface area (Å²) in [5.41, 5.74) is -2.61. The van der Waals surface area contributed by atoms with Crippen LogP contribution in [0, 0.1) is 0 Å². The highest BCUT2D eigenvalue weighted by Gasteiger charge is 2.41. The van der Waals surface area contributed by atoms with E-state index in [2.05, 4.69) is 5.32 Å². The fourth-order valence-corrected chi connectivity index (χ4v) is 5.89. The fraction of sp³-hybridized carbons (Fsp3) is 0.276. The highest BCUT2D eigenvalue weighted by atomic mass is 35.5. The maximum atomic E-state index is 13.9. The number of alkyl halides is 4. The minimum Gasteiger partial charge on any atom is -0.611 e. The summed E-state index contributed by atoms with van der Waals surface area (Å²) < 4.78 is 68.7. The van der Waals surface area contributed by atoms with Crippen LogP contribution in [-0.4, -0.2) is 52.1 Å². The molecule has 0 spiro atoms. The highest BCUT2D eigenvalue weighted by Crippen LogP contribution is 2.41. The predicted molar refractivity (Wildman–Crippen MR) is 157 cm³/mol. The normalized spacial score (nSPS) is 14.9. The van der Waals surface area contributed by atoms with Crippen LogP contribution in [0.15, 0.2) is 71.6 Å². The number of aliphatic hydroxyl groups excluding tert-OH is 1. The van der Waals surface area contributed by atoms with E-state index in [0.29, 0.717) is 27.1 Å². The zero-order valence-corrected chi connectivity index (χ0v) is 24.3. The molecule has 0 saturated carbocycles. The molecule has 0 bridgehead atoms. The first-order valence-electron chi connectivity index (χ1n) is 13.0. The number of aromatic nitrogens is 1. The van der Waals surface area contributed by atoms with Crippen LogP contribution in [-0.2, 0) is 29.4 Å². The van der Waals surface area contributed by atoms with Gasteiger partial charge < -0.3 is 24.6 Å². The molecule has 0 saturated heterocycles. The van der Waals surface area contributed by atoms with Crippen LogP contribution in [0.4, 0.5) is 17.6 Å². The number of benzene rings is 3. The van der Waals surface area contributed by atoms with Crippen molar-refractivity contribution in [3.05, 3.63) is 99.7 Å². The lowest BCUT2D eigenvalue weighted by atomic mass is 9.71. The van der Waals surface area contributed by atoms with E-state index < -0.39 is 59.2 Å². The summed E-state index contributed by atoms with van der Waals surface area (Å²) >= 11 is 4.67. The molecule has 6 nitrogen and oxygen atoms in total. The van der Waals surface area contributed by atoms with Gasteiger partial charge in [0.25, 0.3) is 5.91 Å². The SMILES string of the molecule is BC(O)(c1ccc(Cl)cc1C(F)(F)F)c1cc2cc(C(=O)NC(CO)c3ccc([S+]([O-])CC)cc3)ccc2n1CCF. The lowest BCUT2D eigenvalue weighted by molar-refractivity contribution is -0.139. The molecule has 0 aliphatic rings. The molecule has 1 amide bonds. The van der Waals surface area contributed by atoms with E-state index in [9.17, 15) is 37.1 Å². The maximum absolute atomic E-state index is 13.9. The summed E-state index contributed by atoms with van der Waals surface area (Å²) in [6, 6.07) is 14.9. The van der Waals surface area contributed by atoms with E-state index in [1.165, 1.54) is 42.7 Å². The van der Waals surface area contributed by atoms with Crippen molar-refractivity contribution in [2.24, 2.45) is 0 Å². The van der Waals surface area contributed by atoms with Crippen molar-refractivity contribution in [3.8, 4) is 0 Å². The molecule has 0 aliphatic heterocycles. The molecule has 0 fully saturated rings. The summed E-state index contributed by atoms with van der Waals surface area (Å²) in [4.78, 5) is 13.8. The molecule has 13 heteroatoms. The first kappa shape index (κ1) is 31.9. The van der Waals surface area contributed by atoms with Gasteiger partial charge in [0.1, 0.15) is 12.4 Å². The molecule has 3 atom stereocenters. The monoisotopic (exact) mass is 622 g/mol. The minimum atomic E-state index is -4.82. The van der Waals surface area contributed by atoms with Crippen molar-refractivity contribution in [2.45, 2.75) is 36.1 Å². The van der Waals surface area contributed by atoms with Crippen molar-refractivity contribution in [2.75, 3.05) is 19.0 Å². The minimum absolute atomic E-state index is 0.00155. The van der Waals surface area contributed by atoms with Gasteiger partial charge in [0.15, 0.2) is 12.7 Å².